The number of aliphatic hydroxyl groups is 1. The lowest BCUT2D eigenvalue weighted by Gasteiger charge is -2.14. The summed E-state index contributed by atoms with van der Waals surface area (Å²) in [5.74, 6) is 0. The van der Waals surface area contributed by atoms with Crippen LogP contribution in [-0.2, 0) is 0 Å². The molecule has 0 bridgehead atoms. The van der Waals surface area contributed by atoms with Crippen LogP contribution in [0.2, 0.25) is 10.0 Å². The molecule has 1 heterocycles. The second-order valence-electron chi connectivity index (χ2n) is 5.50. The molecule has 0 radical (unpaired) electrons. The van der Waals surface area contributed by atoms with Gasteiger partial charge in [-0.3, -0.25) is 10.2 Å². The number of aromatic amines is 1. The first-order valence-electron chi connectivity index (χ1n) is 7.61. The Balaban J connectivity index is 2.14. The third kappa shape index (κ3) is 4.42. The third-order valence-corrected chi connectivity index (χ3v) is 4.21. The van der Waals surface area contributed by atoms with Crippen molar-refractivity contribution < 1.29 is 5.11 Å². The molecule has 5 N–H and O–H groups in total. The van der Waals surface area contributed by atoms with Crippen molar-refractivity contribution in [3.8, 4) is 0 Å². The second kappa shape index (κ2) is 8.01. The van der Waals surface area contributed by atoms with Gasteiger partial charge in [-0.2, -0.15) is 5.10 Å². The number of fused-ring (bicyclic) bond motifs is 1. The number of rotatable bonds is 4. The monoisotopic (exact) mass is 421 g/mol. The Morgan fingerprint density at radius 1 is 1.22 bits per heavy atom. The summed E-state index contributed by atoms with van der Waals surface area (Å²) < 4.78 is 0. The van der Waals surface area contributed by atoms with Gasteiger partial charge < -0.3 is 15.8 Å². The van der Waals surface area contributed by atoms with Crippen LogP contribution in [-0.4, -0.2) is 25.9 Å². The molecule has 2 aromatic carbocycles. The van der Waals surface area contributed by atoms with Crippen LogP contribution in [0.4, 0.5) is 0 Å². The van der Waals surface area contributed by atoms with Crippen LogP contribution in [0.25, 0.3) is 11.0 Å². The standard InChI is InChI=1S/C17H13Cl2N5O2S/c18-9-3-1-8(2-4-9)15(25)13(23-24-17(20)27)14-16(26)22-12-7-10(19)5-6-11(12)21-14/h1-7,15,25H,(H,22,26)(H3,20,24,27)/b23-13+/t15-/m1/s1. The molecule has 3 aromatic rings. The molecular weight excluding hydrogens is 409 g/mol. The molecule has 3 rings (SSSR count). The van der Waals surface area contributed by atoms with E-state index in [-0.39, 0.29) is 16.5 Å². The van der Waals surface area contributed by atoms with Crippen LogP contribution in [0.1, 0.15) is 17.4 Å². The smallest absolute Gasteiger partial charge is 0.276 e. The molecule has 1 atom stereocenters. The lowest BCUT2D eigenvalue weighted by atomic mass is 10.0. The number of nitrogens with zero attached hydrogens (tertiary/aromatic N) is 2. The van der Waals surface area contributed by atoms with Gasteiger partial charge in [0.25, 0.3) is 5.56 Å². The zero-order chi connectivity index (χ0) is 19.6. The highest BCUT2D eigenvalue weighted by atomic mass is 35.5. The Bertz CT molecular complexity index is 1100. The van der Waals surface area contributed by atoms with Gasteiger partial charge >= 0.3 is 0 Å². The normalized spacial score (nSPS) is 12.8. The number of hydrogen-bond donors (Lipinski definition) is 4. The Hall–Kier alpha value is -2.52. The number of thiocarbonyl (C=S) groups is 1. The van der Waals surface area contributed by atoms with E-state index in [4.69, 9.17) is 41.2 Å². The molecule has 0 spiro atoms. The minimum Gasteiger partial charge on any atom is -0.382 e. The van der Waals surface area contributed by atoms with E-state index in [1.54, 1.807) is 42.5 Å². The summed E-state index contributed by atoms with van der Waals surface area (Å²) in [6.07, 6.45) is -1.28. The molecule has 27 heavy (non-hydrogen) atoms. The Kier molecular flexibility index (Phi) is 5.71. The fourth-order valence-electron chi connectivity index (χ4n) is 2.39. The fraction of sp³-hybridized carbons (Fsp3) is 0.0588. The second-order valence-corrected chi connectivity index (χ2v) is 6.82. The summed E-state index contributed by atoms with van der Waals surface area (Å²) in [5.41, 5.74) is 8.50. The summed E-state index contributed by atoms with van der Waals surface area (Å²) in [7, 11) is 0. The summed E-state index contributed by atoms with van der Waals surface area (Å²) in [5, 5.41) is 15.6. The van der Waals surface area contributed by atoms with Gasteiger partial charge in [-0.1, -0.05) is 35.3 Å². The van der Waals surface area contributed by atoms with Gasteiger partial charge in [0.05, 0.1) is 11.0 Å². The zero-order valence-corrected chi connectivity index (χ0v) is 15.9. The van der Waals surface area contributed by atoms with E-state index in [1.165, 1.54) is 0 Å². The van der Waals surface area contributed by atoms with Gasteiger partial charge in [-0.05, 0) is 48.1 Å². The van der Waals surface area contributed by atoms with Crippen LogP contribution in [0.3, 0.4) is 0 Å². The van der Waals surface area contributed by atoms with E-state index < -0.39 is 11.7 Å². The first-order chi connectivity index (χ1) is 12.8. The number of halogens is 2. The first-order valence-corrected chi connectivity index (χ1v) is 8.78. The lowest BCUT2D eigenvalue weighted by molar-refractivity contribution is 0.247. The molecule has 1 aromatic heterocycles. The van der Waals surface area contributed by atoms with Crippen molar-refractivity contribution in [2.45, 2.75) is 6.10 Å². The van der Waals surface area contributed by atoms with Crippen LogP contribution in [0.5, 0.6) is 0 Å². The highest BCUT2D eigenvalue weighted by Crippen LogP contribution is 2.21. The van der Waals surface area contributed by atoms with Crippen molar-refractivity contribution in [3.63, 3.8) is 0 Å². The summed E-state index contributed by atoms with van der Waals surface area (Å²) in [6.45, 7) is 0. The molecule has 0 saturated heterocycles. The number of benzene rings is 2. The SMILES string of the molecule is NC(=S)N/N=C(\c1nc2ccc(Cl)cc2[nH]c1=O)[C@H](O)c1ccc(Cl)cc1. The van der Waals surface area contributed by atoms with E-state index in [1.807, 2.05) is 0 Å². The van der Waals surface area contributed by atoms with Crippen LogP contribution >= 0.6 is 35.4 Å². The van der Waals surface area contributed by atoms with Crippen LogP contribution in [0, 0.1) is 0 Å². The van der Waals surface area contributed by atoms with Crippen molar-refractivity contribution in [1.29, 1.82) is 0 Å². The quantitative estimate of drug-likeness (QED) is 0.292. The maximum atomic E-state index is 12.6. The molecule has 138 valence electrons. The summed E-state index contributed by atoms with van der Waals surface area (Å²) >= 11 is 16.6. The summed E-state index contributed by atoms with van der Waals surface area (Å²) in [4.78, 5) is 19.5. The van der Waals surface area contributed by atoms with Crippen molar-refractivity contribution in [3.05, 3.63) is 74.1 Å². The fourth-order valence-corrected chi connectivity index (χ4v) is 2.74. The summed E-state index contributed by atoms with van der Waals surface area (Å²) in [6, 6.07) is 11.3. The largest absolute Gasteiger partial charge is 0.382 e. The average molecular weight is 422 g/mol. The zero-order valence-electron chi connectivity index (χ0n) is 13.6. The third-order valence-electron chi connectivity index (χ3n) is 3.63. The first kappa shape index (κ1) is 19.2. The highest BCUT2D eigenvalue weighted by Gasteiger charge is 2.22. The molecule has 0 aliphatic rings. The van der Waals surface area contributed by atoms with Crippen molar-refractivity contribution >= 4 is 57.3 Å². The number of H-pyrrole nitrogens is 1. The van der Waals surface area contributed by atoms with E-state index in [0.717, 1.165) is 0 Å². The minimum atomic E-state index is -1.28. The van der Waals surface area contributed by atoms with Gasteiger partial charge in [0.1, 0.15) is 11.8 Å². The molecule has 10 heteroatoms. The molecule has 0 amide bonds. The number of hydrogen-bond acceptors (Lipinski definition) is 5. The Morgan fingerprint density at radius 2 is 1.89 bits per heavy atom. The van der Waals surface area contributed by atoms with E-state index in [2.05, 4.69) is 20.5 Å². The topological polar surface area (TPSA) is 116 Å². The van der Waals surface area contributed by atoms with Gasteiger partial charge in [-0.25, -0.2) is 4.98 Å². The predicted molar refractivity (Wildman–Crippen MR) is 110 cm³/mol. The molecule has 0 aliphatic carbocycles. The number of hydrazone groups is 1. The Labute approximate surface area is 168 Å². The van der Waals surface area contributed by atoms with Gasteiger partial charge in [0.15, 0.2) is 10.8 Å². The molecule has 0 fully saturated rings. The molecule has 0 aliphatic heterocycles. The number of aromatic nitrogens is 2. The van der Waals surface area contributed by atoms with Gasteiger partial charge in [0.2, 0.25) is 0 Å². The van der Waals surface area contributed by atoms with Crippen molar-refractivity contribution in [1.82, 2.24) is 15.4 Å². The van der Waals surface area contributed by atoms with E-state index >= 15 is 0 Å². The van der Waals surface area contributed by atoms with Gasteiger partial charge in [-0.15, -0.1) is 0 Å². The van der Waals surface area contributed by atoms with E-state index in [0.29, 0.717) is 26.6 Å². The highest BCUT2D eigenvalue weighted by molar-refractivity contribution is 7.80. The molecule has 0 unspecified atom stereocenters. The van der Waals surface area contributed by atoms with Crippen LogP contribution < -0.4 is 16.7 Å². The number of nitrogens with one attached hydrogen (secondary N) is 2. The number of nitrogens with two attached hydrogens (primary N) is 1. The Morgan fingerprint density at radius 3 is 2.56 bits per heavy atom. The van der Waals surface area contributed by atoms with Crippen LogP contribution in [0.15, 0.2) is 52.4 Å². The molecule has 0 saturated carbocycles. The molecule has 7 nitrogen and oxygen atoms in total. The predicted octanol–water partition coefficient (Wildman–Crippen LogP) is 2.50. The lowest BCUT2D eigenvalue weighted by Crippen LogP contribution is -2.31. The van der Waals surface area contributed by atoms with E-state index in [9.17, 15) is 9.90 Å². The molecular formula is C17H13Cl2N5O2S. The minimum absolute atomic E-state index is 0.0526. The number of aliphatic hydroxyl groups excluding tert-OH is 1. The van der Waals surface area contributed by atoms with Gasteiger partial charge in [0, 0.05) is 10.0 Å². The maximum Gasteiger partial charge on any atom is 0.276 e. The maximum absolute atomic E-state index is 12.6. The van der Waals surface area contributed by atoms with Crippen molar-refractivity contribution in [2.75, 3.05) is 0 Å². The van der Waals surface area contributed by atoms with Crippen molar-refractivity contribution in [2.24, 2.45) is 10.8 Å². The average Bonchev–Trinajstić information content (AvgIpc) is 2.62.